The molecule has 1 atom stereocenters. The van der Waals surface area contributed by atoms with Crippen LogP contribution in [0.1, 0.15) is 12.8 Å². The maximum absolute atomic E-state index is 5.74. The number of pyridine rings is 1. The lowest BCUT2D eigenvalue weighted by atomic mass is 10.2. The summed E-state index contributed by atoms with van der Waals surface area (Å²) in [6.45, 7) is 3.89. The SMILES string of the molecule is C[C@H](CNCCc1nc2ccccc2o1)NSc1ccc2cnccc2c1. The molecule has 0 saturated heterocycles. The van der Waals surface area contributed by atoms with Gasteiger partial charge in [-0.2, -0.15) is 0 Å². The van der Waals surface area contributed by atoms with Crippen LogP contribution >= 0.6 is 11.9 Å². The van der Waals surface area contributed by atoms with Crippen LogP contribution in [0.15, 0.2) is 70.2 Å². The fourth-order valence-electron chi connectivity index (χ4n) is 2.88. The first-order chi connectivity index (χ1) is 13.3. The number of fused-ring (bicyclic) bond motifs is 2. The molecule has 0 spiro atoms. The van der Waals surface area contributed by atoms with E-state index in [2.05, 4.69) is 45.1 Å². The van der Waals surface area contributed by atoms with Gasteiger partial charge in [-0.25, -0.2) is 4.98 Å². The second kappa shape index (κ2) is 8.52. The highest BCUT2D eigenvalue weighted by Gasteiger charge is 2.06. The summed E-state index contributed by atoms with van der Waals surface area (Å²) in [5.74, 6) is 0.782. The van der Waals surface area contributed by atoms with Gasteiger partial charge in [0.15, 0.2) is 11.5 Å². The number of hydrogen-bond acceptors (Lipinski definition) is 6. The fraction of sp³-hybridized carbons (Fsp3) is 0.238. The number of aromatic nitrogens is 2. The number of nitrogens with one attached hydrogen (secondary N) is 2. The maximum Gasteiger partial charge on any atom is 0.196 e. The van der Waals surface area contributed by atoms with Crippen LogP contribution in [-0.4, -0.2) is 29.1 Å². The van der Waals surface area contributed by atoms with E-state index in [0.717, 1.165) is 41.9 Å². The molecule has 0 radical (unpaired) electrons. The lowest BCUT2D eigenvalue weighted by Crippen LogP contribution is -2.33. The monoisotopic (exact) mass is 378 g/mol. The number of rotatable bonds is 8. The first-order valence-corrected chi connectivity index (χ1v) is 9.91. The molecular formula is C21H22N4OS. The van der Waals surface area contributed by atoms with Crippen molar-refractivity contribution in [2.45, 2.75) is 24.3 Å². The maximum atomic E-state index is 5.74. The van der Waals surface area contributed by atoms with Crippen molar-refractivity contribution in [2.24, 2.45) is 0 Å². The number of para-hydroxylation sites is 2. The van der Waals surface area contributed by atoms with Gasteiger partial charge in [0.1, 0.15) is 5.52 Å². The summed E-state index contributed by atoms with van der Waals surface area (Å²) in [5, 5.41) is 5.83. The van der Waals surface area contributed by atoms with Crippen LogP contribution in [0, 0.1) is 0 Å². The second-order valence-corrected chi connectivity index (χ2v) is 7.45. The number of nitrogens with zero attached hydrogens (tertiary/aromatic N) is 2. The predicted octanol–water partition coefficient (Wildman–Crippen LogP) is 4.19. The van der Waals surface area contributed by atoms with Crippen LogP contribution in [0.5, 0.6) is 0 Å². The van der Waals surface area contributed by atoms with E-state index in [4.69, 9.17) is 4.42 Å². The van der Waals surface area contributed by atoms with E-state index in [1.165, 1.54) is 10.3 Å². The van der Waals surface area contributed by atoms with Crippen LogP contribution < -0.4 is 10.0 Å². The smallest absolute Gasteiger partial charge is 0.196 e. The zero-order valence-corrected chi connectivity index (χ0v) is 16.0. The zero-order chi connectivity index (χ0) is 18.5. The molecule has 2 N–H and O–H groups in total. The highest BCUT2D eigenvalue weighted by molar-refractivity contribution is 7.97. The molecule has 4 aromatic rings. The molecule has 2 aromatic carbocycles. The Labute approximate surface area is 162 Å². The lowest BCUT2D eigenvalue weighted by molar-refractivity contribution is 0.505. The first-order valence-electron chi connectivity index (χ1n) is 9.09. The summed E-state index contributed by atoms with van der Waals surface area (Å²) >= 11 is 1.66. The van der Waals surface area contributed by atoms with Crippen molar-refractivity contribution in [2.75, 3.05) is 13.1 Å². The molecule has 0 amide bonds. The van der Waals surface area contributed by atoms with Gasteiger partial charge in [0.2, 0.25) is 0 Å². The van der Waals surface area contributed by atoms with Crippen molar-refractivity contribution in [1.82, 2.24) is 20.0 Å². The molecule has 2 aromatic heterocycles. The number of oxazole rings is 1. The summed E-state index contributed by atoms with van der Waals surface area (Å²) < 4.78 is 9.22. The van der Waals surface area contributed by atoms with Crippen LogP contribution in [0.3, 0.4) is 0 Å². The third-order valence-electron chi connectivity index (χ3n) is 4.29. The topological polar surface area (TPSA) is 63.0 Å². The number of hydrogen-bond donors (Lipinski definition) is 2. The summed E-state index contributed by atoms with van der Waals surface area (Å²) in [6.07, 6.45) is 4.50. The van der Waals surface area contributed by atoms with E-state index in [1.807, 2.05) is 42.7 Å². The third-order valence-corrected chi connectivity index (χ3v) is 5.30. The van der Waals surface area contributed by atoms with Crippen LogP contribution in [0.2, 0.25) is 0 Å². The van der Waals surface area contributed by atoms with E-state index >= 15 is 0 Å². The minimum Gasteiger partial charge on any atom is -0.441 e. The molecular weight excluding hydrogens is 356 g/mol. The van der Waals surface area contributed by atoms with Gasteiger partial charge in [-0.15, -0.1) is 0 Å². The van der Waals surface area contributed by atoms with E-state index in [9.17, 15) is 0 Å². The second-order valence-electron chi connectivity index (χ2n) is 6.54. The van der Waals surface area contributed by atoms with Crippen LogP contribution in [0.4, 0.5) is 0 Å². The van der Waals surface area contributed by atoms with Crippen molar-refractivity contribution >= 4 is 33.8 Å². The average Bonchev–Trinajstić information content (AvgIpc) is 3.12. The standard InChI is InChI=1S/C21H22N4OS/c1-15(25-27-18-7-6-17-14-23-10-8-16(17)12-18)13-22-11-9-21-24-19-4-2-3-5-20(19)26-21/h2-8,10,12,14-15,22,25H,9,11,13H2,1H3/t15-/m1/s1. The van der Waals surface area contributed by atoms with Crippen LogP contribution in [-0.2, 0) is 6.42 Å². The lowest BCUT2D eigenvalue weighted by Gasteiger charge is -2.14. The quantitative estimate of drug-likeness (QED) is 0.354. The highest BCUT2D eigenvalue weighted by atomic mass is 32.2. The van der Waals surface area contributed by atoms with Gasteiger partial charge in [-0.05, 0) is 54.6 Å². The Morgan fingerprint density at radius 1 is 1.11 bits per heavy atom. The Kier molecular flexibility index (Phi) is 5.67. The van der Waals surface area contributed by atoms with Gasteiger partial charge in [0, 0.05) is 48.2 Å². The van der Waals surface area contributed by atoms with Crippen molar-refractivity contribution in [3.8, 4) is 0 Å². The molecule has 138 valence electrons. The van der Waals surface area contributed by atoms with Crippen molar-refractivity contribution in [3.05, 3.63) is 66.8 Å². The fourth-order valence-corrected chi connectivity index (χ4v) is 3.62. The van der Waals surface area contributed by atoms with Gasteiger partial charge >= 0.3 is 0 Å². The van der Waals surface area contributed by atoms with E-state index in [-0.39, 0.29) is 0 Å². The Morgan fingerprint density at radius 2 is 2.04 bits per heavy atom. The average molecular weight is 379 g/mol. The molecule has 2 heterocycles. The minimum atomic E-state index is 0.340. The Balaban J connectivity index is 1.20. The predicted molar refractivity (Wildman–Crippen MR) is 111 cm³/mol. The summed E-state index contributed by atoms with van der Waals surface area (Å²) in [7, 11) is 0. The molecule has 27 heavy (non-hydrogen) atoms. The summed E-state index contributed by atoms with van der Waals surface area (Å²) in [4.78, 5) is 9.85. The van der Waals surface area contributed by atoms with E-state index in [1.54, 1.807) is 11.9 Å². The molecule has 0 saturated carbocycles. The number of benzene rings is 2. The van der Waals surface area contributed by atoms with Crippen LogP contribution in [0.25, 0.3) is 21.9 Å². The normalized spacial score (nSPS) is 12.6. The highest BCUT2D eigenvalue weighted by Crippen LogP contribution is 2.21. The summed E-state index contributed by atoms with van der Waals surface area (Å²) in [6, 6.07) is 16.7. The molecule has 0 aliphatic rings. The summed E-state index contributed by atoms with van der Waals surface area (Å²) in [5.41, 5.74) is 1.77. The Morgan fingerprint density at radius 3 is 2.96 bits per heavy atom. The Bertz CT molecular complexity index is 1000. The molecule has 0 fully saturated rings. The van der Waals surface area contributed by atoms with E-state index < -0.39 is 0 Å². The van der Waals surface area contributed by atoms with Gasteiger partial charge in [0.05, 0.1) is 0 Å². The van der Waals surface area contributed by atoms with Crippen molar-refractivity contribution in [1.29, 1.82) is 0 Å². The minimum absolute atomic E-state index is 0.340. The van der Waals surface area contributed by atoms with E-state index in [0.29, 0.717) is 6.04 Å². The first kappa shape index (κ1) is 18.0. The zero-order valence-electron chi connectivity index (χ0n) is 15.2. The van der Waals surface area contributed by atoms with Crippen molar-refractivity contribution in [3.63, 3.8) is 0 Å². The molecule has 0 unspecified atom stereocenters. The third kappa shape index (κ3) is 4.66. The van der Waals surface area contributed by atoms with Gasteiger partial charge in [-0.3, -0.25) is 9.71 Å². The van der Waals surface area contributed by atoms with Gasteiger partial charge < -0.3 is 9.73 Å². The molecule has 0 bridgehead atoms. The molecule has 4 rings (SSSR count). The molecule has 0 aliphatic heterocycles. The van der Waals surface area contributed by atoms with Crippen molar-refractivity contribution < 1.29 is 4.42 Å². The molecule has 5 nitrogen and oxygen atoms in total. The van der Waals surface area contributed by atoms with Gasteiger partial charge in [-0.1, -0.05) is 18.2 Å². The van der Waals surface area contributed by atoms with Gasteiger partial charge in [0.25, 0.3) is 0 Å². The largest absolute Gasteiger partial charge is 0.441 e. The molecule has 6 heteroatoms. The Hall–Kier alpha value is -2.41. The molecule has 0 aliphatic carbocycles.